The van der Waals surface area contributed by atoms with Gasteiger partial charge in [0.05, 0.1) is 0 Å². The predicted molar refractivity (Wildman–Crippen MR) is 39.5 cm³/mol. The molecular weight excluding hydrogens is 132 g/mol. The second-order valence-electron chi connectivity index (χ2n) is 1.78. The molecule has 3 heteroatoms. The highest BCUT2D eigenvalue weighted by Gasteiger charge is 1.93. The molecule has 1 aromatic heterocycles. The highest BCUT2D eigenvalue weighted by Crippen LogP contribution is 1.92. The molecule has 0 atom stereocenters. The van der Waals surface area contributed by atoms with E-state index in [1.54, 1.807) is 6.20 Å². The monoisotopic (exact) mass is 139 g/mol. The minimum Gasteiger partial charge on any atom is -0.338 e. The van der Waals surface area contributed by atoms with E-state index in [2.05, 4.69) is 22.6 Å². The maximum atomic E-state index is 4.56. The van der Waals surface area contributed by atoms with Crippen molar-refractivity contribution in [2.75, 3.05) is 0 Å². The minimum absolute atomic E-state index is 0.652. The Kier molecular flexibility index (Phi) is 1.95. The number of thiocarbonyl (C=S) groups is 1. The molecule has 0 N–H and O–H groups in total. The Morgan fingerprint density at radius 3 is 3.11 bits per heavy atom. The second kappa shape index (κ2) is 2.73. The van der Waals surface area contributed by atoms with Crippen molar-refractivity contribution in [3.8, 4) is 0 Å². The topological polar surface area (TPSA) is 17.8 Å². The lowest BCUT2D eigenvalue weighted by atomic mass is 10.5. The Morgan fingerprint density at radius 2 is 2.67 bits per heavy atom. The van der Waals surface area contributed by atoms with E-state index in [-0.39, 0.29) is 0 Å². The molecule has 1 heterocycles. The normalized spacial score (nSPS) is 9.44. The Bertz CT molecular complexity index is 205. The zero-order valence-electron chi connectivity index (χ0n) is 5.16. The van der Waals surface area contributed by atoms with Gasteiger partial charge in [-0.1, -0.05) is 12.2 Å². The van der Waals surface area contributed by atoms with Crippen LogP contribution in [0.1, 0.15) is 5.82 Å². The molecule has 0 bridgehead atoms. The fourth-order valence-electron chi connectivity index (χ4n) is 0.631. The summed E-state index contributed by atoms with van der Waals surface area (Å²) < 4.78 is 1.93. The zero-order chi connectivity index (χ0) is 6.69. The molecular formula is C6H7N2S. The SMILES string of the molecule is Cn1ccnc1C[C]=S. The predicted octanol–water partition coefficient (Wildman–Crippen LogP) is 0.839. The molecule has 0 aliphatic rings. The lowest BCUT2D eigenvalue weighted by molar-refractivity contribution is 0.844. The first kappa shape index (κ1) is 6.42. The Balaban J connectivity index is 2.80. The molecule has 0 aromatic carbocycles. The first-order valence-electron chi connectivity index (χ1n) is 2.66. The molecule has 2 nitrogen and oxygen atoms in total. The van der Waals surface area contributed by atoms with Gasteiger partial charge >= 0.3 is 0 Å². The van der Waals surface area contributed by atoms with E-state index in [4.69, 9.17) is 0 Å². The van der Waals surface area contributed by atoms with Crippen LogP contribution in [-0.2, 0) is 13.5 Å². The Morgan fingerprint density at radius 1 is 1.89 bits per heavy atom. The number of aromatic nitrogens is 2. The highest BCUT2D eigenvalue weighted by molar-refractivity contribution is 7.78. The molecule has 9 heavy (non-hydrogen) atoms. The van der Waals surface area contributed by atoms with E-state index in [1.165, 1.54) is 0 Å². The van der Waals surface area contributed by atoms with Crippen molar-refractivity contribution in [3.63, 3.8) is 0 Å². The summed E-state index contributed by atoms with van der Waals surface area (Å²) in [5, 5.41) is 2.61. The summed E-state index contributed by atoms with van der Waals surface area (Å²) in [6, 6.07) is 0. The van der Waals surface area contributed by atoms with Gasteiger partial charge in [-0.15, -0.1) is 0 Å². The third-order valence-electron chi connectivity index (χ3n) is 1.15. The van der Waals surface area contributed by atoms with Crippen LogP contribution in [-0.4, -0.2) is 14.9 Å². The van der Waals surface area contributed by atoms with E-state index in [0.29, 0.717) is 6.42 Å². The zero-order valence-corrected chi connectivity index (χ0v) is 5.98. The van der Waals surface area contributed by atoms with Gasteiger partial charge in [0, 0.05) is 31.2 Å². The van der Waals surface area contributed by atoms with Crippen LogP contribution in [0.25, 0.3) is 0 Å². The van der Waals surface area contributed by atoms with Gasteiger partial charge in [0.1, 0.15) is 5.82 Å². The standard InChI is InChI=1S/C6H7N2S/c1-8-4-3-7-6(8)2-5-9/h3-4H,2H2,1H3. The smallest absolute Gasteiger partial charge is 0.113 e. The second-order valence-corrected chi connectivity index (χ2v) is 2.06. The summed E-state index contributed by atoms with van der Waals surface area (Å²) in [6.45, 7) is 0. The van der Waals surface area contributed by atoms with Crippen molar-refractivity contribution in [2.24, 2.45) is 7.05 Å². The van der Waals surface area contributed by atoms with Crippen molar-refractivity contribution in [2.45, 2.75) is 6.42 Å². The number of imidazole rings is 1. The van der Waals surface area contributed by atoms with Crippen LogP contribution >= 0.6 is 12.2 Å². The number of aryl methyl sites for hydroxylation is 1. The molecule has 0 amide bonds. The largest absolute Gasteiger partial charge is 0.338 e. The third-order valence-corrected chi connectivity index (χ3v) is 1.30. The van der Waals surface area contributed by atoms with Gasteiger partial charge in [0.2, 0.25) is 0 Å². The molecule has 1 rings (SSSR count). The van der Waals surface area contributed by atoms with Gasteiger partial charge < -0.3 is 4.57 Å². The average molecular weight is 139 g/mol. The van der Waals surface area contributed by atoms with Gasteiger partial charge in [-0.3, -0.25) is 0 Å². The van der Waals surface area contributed by atoms with Crippen LogP contribution in [0.2, 0.25) is 0 Å². The molecule has 1 aromatic rings. The van der Waals surface area contributed by atoms with E-state index >= 15 is 0 Å². The van der Waals surface area contributed by atoms with Crippen molar-refractivity contribution < 1.29 is 0 Å². The van der Waals surface area contributed by atoms with E-state index in [1.807, 2.05) is 17.8 Å². The summed E-state index contributed by atoms with van der Waals surface area (Å²) in [4.78, 5) is 4.04. The molecule has 47 valence electrons. The Hall–Kier alpha value is -0.700. The van der Waals surface area contributed by atoms with Crippen LogP contribution in [0.4, 0.5) is 0 Å². The van der Waals surface area contributed by atoms with Gasteiger partial charge in [0.15, 0.2) is 0 Å². The fourth-order valence-corrected chi connectivity index (χ4v) is 0.760. The summed E-state index contributed by atoms with van der Waals surface area (Å²) >= 11 is 4.56. The van der Waals surface area contributed by atoms with Crippen LogP contribution in [0.5, 0.6) is 0 Å². The summed E-state index contributed by atoms with van der Waals surface area (Å²) in [6.07, 6.45) is 4.29. The van der Waals surface area contributed by atoms with Crippen molar-refractivity contribution in [1.29, 1.82) is 0 Å². The molecule has 0 fully saturated rings. The number of hydrogen-bond acceptors (Lipinski definition) is 2. The minimum atomic E-state index is 0.652. The van der Waals surface area contributed by atoms with Crippen LogP contribution < -0.4 is 0 Å². The van der Waals surface area contributed by atoms with Gasteiger partial charge in [0.25, 0.3) is 0 Å². The molecule has 0 unspecified atom stereocenters. The van der Waals surface area contributed by atoms with Gasteiger partial charge in [-0.2, -0.15) is 0 Å². The third kappa shape index (κ3) is 1.36. The van der Waals surface area contributed by atoms with Gasteiger partial charge in [-0.25, -0.2) is 4.98 Å². The first-order chi connectivity index (χ1) is 4.34. The lowest BCUT2D eigenvalue weighted by Gasteiger charge is -1.92. The van der Waals surface area contributed by atoms with Crippen LogP contribution in [0.3, 0.4) is 0 Å². The average Bonchev–Trinajstić information content (AvgIpc) is 2.18. The fraction of sp³-hybridized carbons (Fsp3) is 0.333. The maximum absolute atomic E-state index is 4.56. The first-order valence-corrected chi connectivity index (χ1v) is 3.06. The van der Waals surface area contributed by atoms with E-state index < -0.39 is 0 Å². The van der Waals surface area contributed by atoms with Crippen molar-refractivity contribution >= 4 is 17.6 Å². The van der Waals surface area contributed by atoms with Crippen molar-refractivity contribution in [1.82, 2.24) is 9.55 Å². The van der Waals surface area contributed by atoms with E-state index in [0.717, 1.165) is 5.82 Å². The number of hydrogen-bond donors (Lipinski definition) is 0. The van der Waals surface area contributed by atoms with Crippen LogP contribution in [0.15, 0.2) is 12.4 Å². The quantitative estimate of drug-likeness (QED) is 0.565. The summed E-state index contributed by atoms with van der Waals surface area (Å²) in [5.41, 5.74) is 0. The summed E-state index contributed by atoms with van der Waals surface area (Å²) in [5.74, 6) is 0.963. The molecule has 0 saturated heterocycles. The molecule has 0 saturated carbocycles. The van der Waals surface area contributed by atoms with Crippen molar-refractivity contribution in [3.05, 3.63) is 18.2 Å². The maximum Gasteiger partial charge on any atom is 0.113 e. The van der Waals surface area contributed by atoms with E-state index in [9.17, 15) is 0 Å². The van der Waals surface area contributed by atoms with Crippen LogP contribution in [0, 0.1) is 0 Å². The molecule has 0 aliphatic carbocycles. The highest BCUT2D eigenvalue weighted by atomic mass is 32.1. The number of nitrogens with zero attached hydrogens (tertiary/aromatic N) is 2. The number of rotatable bonds is 2. The Labute approximate surface area is 59.5 Å². The molecule has 0 spiro atoms. The van der Waals surface area contributed by atoms with Gasteiger partial charge in [-0.05, 0) is 0 Å². The molecule has 0 aliphatic heterocycles. The summed E-state index contributed by atoms with van der Waals surface area (Å²) in [7, 11) is 1.94. The lowest BCUT2D eigenvalue weighted by Crippen LogP contribution is -1.96. The molecule has 1 radical (unpaired) electrons.